The summed E-state index contributed by atoms with van der Waals surface area (Å²) in [6.07, 6.45) is 0.524. The van der Waals surface area contributed by atoms with Crippen molar-refractivity contribution in [3.05, 3.63) is 59.7 Å². The van der Waals surface area contributed by atoms with Gasteiger partial charge >= 0.3 is 0 Å². The number of aliphatic hydroxyl groups is 1. The monoisotopic (exact) mass is 272 g/mol. The van der Waals surface area contributed by atoms with Crippen molar-refractivity contribution in [2.75, 3.05) is 14.2 Å². The molecule has 1 atom stereocenters. The first kappa shape index (κ1) is 14.4. The Morgan fingerprint density at radius 2 is 1.60 bits per heavy atom. The molecule has 0 spiro atoms. The number of methoxy groups -OCH3 is 2. The summed E-state index contributed by atoms with van der Waals surface area (Å²) in [5.74, 6) is 1.58. The van der Waals surface area contributed by atoms with Gasteiger partial charge in [0.15, 0.2) is 0 Å². The molecule has 2 rings (SSSR count). The fraction of sp³-hybridized carbons (Fsp3) is 0.294. The van der Waals surface area contributed by atoms with Gasteiger partial charge in [0.1, 0.15) is 11.5 Å². The van der Waals surface area contributed by atoms with Crippen LogP contribution in [0.5, 0.6) is 11.5 Å². The molecule has 3 heteroatoms. The molecule has 2 aromatic carbocycles. The van der Waals surface area contributed by atoms with Crippen LogP contribution >= 0.6 is 0 Å². The molecule has 0 aliphatic carbocycles. The zero-order valence-corrected chi connectivity index (χ0v) is 12.1. The molecule has 0 amide bonds. The Morgan fingerprint density at radius 1 is 0.950 bits per heavy atom. The highest BCUT2D eigenvalue weighted by atomic mass is 16.5. The van der Waals surface area contributed by atoms with Crippen LogP contribution in [0.15, 0.2) is 48.5 Å². The molecule has 0 saturated carbocycles. The molecule has 0 aromatic heterocycles. The maximum atomic E-state index is 10.7. The van der Waals surface area contributed by atoms with Crippen LogP contribution in [0.4, 0.5) is 0 Å². The van der Waals surface area contributed by atoms with E-state index < -0.39 is 5.60 Å². The Morgan fingerprint density at radius 3 is 2.20 bits per heavy atom. The smallest absolute Gasteiger partial charge is 0.119 e. The van der Waals surface area contributed by atoms with Gasteiger partial charge in [-0.2, -0.15) is 0 Å². The van der Waals surface area contributed by atoms with E-state index in [9.17, 15) is 5.11 Å². The van der Waals surface area contributed by atoms with Crippen molar-refractivity contribution in [3.63, 3.8) is 0 Å². The van der Waals surface area contributed by atoms with Gasteiger partial charge in [-0.25, -0.2) is 0 Å². The molecule has 0 saturated heterocycles. The fourth-order valence-electron chi connectivity index (χ4n) is 2.23. The van der Waals surface area contributed by atoms with E-state index in [1.54, 1.807) is 14.2 Å². The van der Waals surface area contributed by atoms with E-state index in [-0.39, 0.29) is 0 Å². The largest absolute Gasteiger partial charge is 0.497 e. The Labute approximate surface area is 119 Å². The van der Waals surface area contributed by atoms with Gasteiger partial charge in [0.2, 0.25) is 0 Å². The van der Waals surface area contributed by atoms with Crippen LogP contribution in [0.1, 0.15) is 18.1 Å². The first-order chi connectivity index (χ1) is 9.55. The Kier molecular flexibility index (Phi) is 4.30. The third-order valence-corrected chi connectivity index (χ3v) is 3.39. The van der Waals surface area contributed by atoms with Gasteiger partial charge in [-0.05, 0) is 42.3 Å². The maximum absolute atomic E-state index is 10.7. The third kappa shape index (κ3) is 3.31. The second-order valence-corrected chi connectivity index (χ2v) is 5.03. The molecule has 20 heavy (non-hydrogen) atoms. The second kappa shape index (κ2) is 5.97. The average Bonchev–Trinajstić information content (AvgIpc) is 2.47. The predicted molar refractivity (Wildman–Crippen MR) is 79.3 cm³/mol. The van der Waals surface area contributed by atoms with Gasteiger partial charge < -0.3 is 14.6 Å². The van der Waals surface area contributed by atoms with E-state index in [1.165, 1.54) is 0 Å². The van der Waals surface area contributed by atoms with Crippen molar-refractivity contribution in [1.82, 2.24) is 0 Å². The molecule has 0 heterocycles. The summed E-state index contributed by atoms with van der Waals surface area (Å²) in [4.78, 5) is 0. The van der Waals surface area contributed by atoms with Crippen molar-refractivity contribution in [2.24, 2.45) is 0 Å². The number of rotatable bonds is 5. The lowest BCUT2D eigenvalue weighted by molar-refractivity contribution is 0.0575. The van der Waals surface area contributed by atoms with E-state index in [1.807, 2.05) is 55.5 Å². The van der Waals surface area contributed by atoms with Gasteiger partial charge in [-0.15, -0.1) is 0 Å². The molecule has 0 radical (unpaired) electrons. The van der Waals surface area contributed by atoms with Gasteiger partial charge in [-0.3, -0.25) is 0 Å². The summed E-state index contributed by atoms with van der Waals surface area (Å²) in [6.45, 7) is 1.81. The zero-order chi connectivity index (χ0) is 14.6. The van der Waals surface area contributed by atoms with Crippen molar-refractivity contribution in [2.45, 2.75) is 18.9 Å². The molecule has 3 nitrogen and oxygen atoms in total. The summed E-state index contributed by atoms with van der Waals surface area (Å²) in [6, 6.07) is 15.2. The predicted octanol–water partition coefficient (Wildman–Crippen LogP) is 3.15. The minimum Gasteiger partial charge on any atom is -0.497 e. The third-order valence-electron chi connectivity index (χ3n) is 3.39. The average molecular weight is 272 g/mol. The number of ether oxygens (including phenoxy) is 2. The van der Waals surface area contributed by atoms with Crippen molar-refractivity contribution in [1.29, 1.82) is 0 Å². The van der Waals surface area contributed by atoms with Gasteiger partial charge in [-0.1, -0.05) is 24.3 Å². The van der Waals surface area contributed by atoms with Gasteiger partial charge in [0.25, 0.3) is 0 Å². The Hall–Kier alpha value is -2.00. The molecule has 106 valence electrons. The summed E-state index contributed by atoms with van der Waals surface area (Å²) in [5.41, 5.74) is 0.963. The highest BCUT2D eigenvalue weighted by molar-refractivity contribution is 5.34. The van der Waals surface area contributed by atoms with Crippen molar-refractivity contribution >= 4 is 0 Å². The Balaban J connectivity index is 2.20. The van der Waals surface area contributed by atoms with Crippen LogP contribution in [0, 0.1) is 0 Å². The summed E-state index contributed by atoms with van der Waals surface area (Å²) in [7, 11) is 3.27. The molecular weight excluding hydrogens is 252 g/mol. The molecule has 2 aromatic rings. The molecule has 0 aliphatic heterocycles. The lowest BCUT2D eigenvalue weighted by Gasteiger charge is -2.24. The fourth-order valence-corrected chi connectivity index (χ4v) is 2.23. The first-order valence-corrected chi connectivity index (χ1v) is 6.55. The summed E-state index contributed by atoms with van der Waals surface area (Å²) in [5, 5.41) is 10.7. The molecule has 0 fully saturated rings. The topological polar surface area (TPSA) is 38.7 Å². The van der Waals surface area contributed by atoms with Crippen LogP contribution < -0.4 is 9.47 Å². The SMILES string of the molecule is COc1ccc(C(C)(O)Cc2cccc(OC)c2)cc1. The molecule has 1 N–H and O–H groups in total. The van der Waals surface area contributed by atoms with E-state index in [0.717, 1.165) is 22.6 Å². The van der Waals surface area contributed by atoms with E-state index in [4.69, 9.17) is 9.47 Å². The number of benzene rings is 2. The number of hydrogen-bond acceptors (Lipinski definition) is 3. The van der Waals surface area contributed by atoms with E-state index in [0.29, 0.717) is 6.42 Å². The van der Waals surface area contributed by atoms with Gasteiger partial charge in [0.05, 0.1) is 19.8 Å². The van der Waals surface area contributed by atoms with Crippen LogP contribution in [0.3, 0.4) is 0 Å². The van der Waals surface area contributed by atoms with Crippen molar-refractivity contribution in [3.8, 4) is 11.5 Å². The summed E-state index contributed by atoms with van der Waals surface area (Å²) >= 11 is 0. The highest BCUT2D eigenvalue weighted by Gasteiger charge is 2.23. The highest BCUT2D eigenvalue weighted by Crippen LogP contribution is 2.28. The molecule has 0 bridgehead atoms. The van der Waals surface area contributed by atoms with E-state index >= 15 is 0 Å². The van der Waals surface area contributed by atoms with Crippen LogP contribution in [-0.4, -0.2) is 19.3 Å². The van der Waals surface area contributed by atoms with Crippen molar-refractivity contribution < 1.29 is 14.6 Å². The minimum atomic E-state index is -0.932. The quantitative estimate of drug-likeness (QED) is 0.908. The lowest BCUT2D eigenvalue weighted by Crippen LogP contribution is -2.24. The molecular formula is C17H20O3. The van der Waals surface area contributed by atoms with Gasteiger partial charge in [0, 0.05) is 6.42 Å². The molecule has 0 aliphatic rings. The minimum absolute atomic E-state index is 0.524. The van der Waals surface area contributed by atoms with Crippen LogP contribution in [-0.2, 0) is 12.0 Å². The second-order valence-electron chi connectivity index (χ2n) is 5.03. The van der Waals surface area contributed by atoms with Crippen LogP contribution in [0.25, 0.3) is 0 Å². The summed E-state index contributed by atoms with van der Waals surface area (Å²) < 4.78 is 10.3. The normalized spacial score (nSPS) is 13.6. The zero-order valence-electron chi connectivity index (χ0n) is 12.1. The Bertz CT molecular complexity index is 559. The standard InChI is InChI=1S/C17H20O3/c1-17(18,14-7-9-15(19-2)10-8-14)12-13-5-4-6-16(11-13)20-3/h4-11,18H,12H2,1-3H3. The first-order valence-electron chi connectivity index (χ1n) is 6.55. The number of hydrogen-bond donors (Lipinski definition) is 1. The maximum Gasteiger partial charge on any atom is 0.119 e. The molecule has 1 unspecified atom stereocenters. The van der Waals surface area contributed by atoms with Crippen LogP contribution in [0.2, 0.25) is 0 Å². The van der Waals surface area contributed by atoms with E-state index in [2.05, 4.69) is 0 Å². The lowest BCUT2D eigenvalue weighted by atomic mass is 9.89.